The van der Waals surface area contributed by atoms with Crippen molar-refractivity contribution in [3.63, 3.8) is 0 Å². The first-order valence-electron chi connectivity index (χ1n) is 4.20. The molecule has 0 aromatic carbocycles. The van der Waals surface area contributed by atoms with Crippen LogP contribution in [0.1, 0.15) is 19.8 Å². The van der Waals surface area contributed by atoms with E-state index in [0.29, 0.717) is 0 Å². The maximum absolute atomic E-state index is 11.4. The molecule has 0 radical (unpaired) electrons. The number of carbonyl (C=O) groups excluding carboxylic acids is 2. The number of Topliss-reactive ketones (excluding diaryl/α,β-unsaturated/α-hetero) is 2. The van der Waals surface area contributed by atoms with E-state index < -0.39 is 5.60 Å². The van der Waals surface area contributed by atoms with Crippen molar-refractivity contribution < 1.29 is 14.3 Å². The summed E-state index contributed by atoms with van der Waals surface area (Å²) in [5.74, 6) is 0.345. The van der Waals surface area contributed by atoms with Gasteiger partial charge in [0.25, 0.3) is 0 Å². The lowest BCUT2D eigenvalue weighted by atomic mass is 9.84. The molecule has 0 unspecified atom stereocenters. The minimum absolute atomic E-state index is 0.0475. The van der Waals surface area contributed by atoms with Crippen LogP contribution in [0, 0.1) is 11.8 Å². The standard InChI is InChI=1S/C9H12O3/c1-9(12-2)6-3-5(6)7(10)4-8(9)11/h5-6H,3-4H2,1-2H3/t5-,6+,9+/m1/s1. The van der Waals surface area contributed by atoms with Gasteiger partial charge >= 0.3 is 0 Å². The van der Waals surface area contributed by atoms with Gasteiger partial charge in [0.15, 0.2) is 5.78 Å². The lowest BCUT2D eigenvalue weighted by Gasteiger charge is -2.29. The number of hydrogen-bond donors (Lipinski definition) is 0. The summed E-state index contributed by atoms with van der Waals surface area (Å²) in [6.07, 6.45) is 0.917. The molecule has 0 amide bonds. The highest BCUT2D eigenvalue weighted by molar-refractivity contribution is 6.08. The average Bonchev–Trinajstić information content (AvgIpc) is 2.80. The monoisotopic (exact) mass is 168 g/mol. The van der Waals surface area contributed by atoms with E-state index in [-0.39, 0.29) is 29.8 Å². The SMILES string of the molecule is CO[C@]1(C)C(=O)CC(=O)[C@@H]2C[C@@H]21. The first kappa shape index (κ1) is 7.92. The van der Waals surface area contributed by atoms with E-state index in [4.69, 9.17) is 4.74 Å². The summed E-state index contributed by atoms with van der Waals surface area (Å²) in [7, 11) is 1.54. The van der Waals surface area contributed by atoms with Crippen molar-refractivity contribution >= 4 is 11.6 Å². The highest BCUT2D eigenvalue weighted by atomic mass is 16.5. The van der Waals surface area contributed by atoms with Crippen molar-refractivity contribution in [1.82, 2.24) is 0 Å². The van der Waals surface area contributed by atoms with Crippen molar-refractivity contribution in [1.29, 1.82) is 0 Å². The van der Waals surface area contributed by atoms with Crippen LogP contribution >= 0.6 is 0 Å². The Morgan fingerprint density at radius 3 is 2.75 bits per heavy atom. The topological polar surface area (TPSA) is 43.4 Å². The molecule has 0 N–H and O–H groups in total. The Balaban J connectivity index is 2.27. The molecule has 66 valence electrons. The fourth-order valence-corrected chi connectivity index (χ4v) is 2.10. The van der Waals surface area contributed by atoms with Gasteiger partial charge in [-0.2, -0.15) is 0 Å². The van der Waals surface area contributed by atoms with Gasteiger partial charge < -0.3 is 4.74 Å². The van der Waals surface area contributed by atoms with Crippen LogP contribution in [0.3, 0.4) is 0 Å². The Morgan fingerprint density at radius 2 is 2.17 bits per heavy atom. The summed E-state index contributed by atoms with van der Waals surface area (Å²) >= 11 is 0. The van der Waals surface area contributed by atoms with Crippen molar-refractivity contribution in [2.24, 2.45) is 11.8 Å². The summed E-state index contributed by atoms with van der Waals surface area (Å²) in [5, 5.41) is 0. The van der Waals surface area contributed by atoms with Gasteiger partial charge in [0.2, 0.25) is 0 Å². The quantitative estimate of drug-likeness (QED) is 0.537. The highest BCUT2D eigenvalue weighted by Crippen LogP contribution is 2.52. The van der Waals surface area contributed by atoms with Crippen LogP contribution in [-0.4, -0.2) is 24.3 Å². The van der Waals surface area contributed by atoms with Gasteiger partial charge in [-0.3, -0.25) is 9.59 Å². The van der Waals surface area contributed by atoms with Crippen LogP contribution in [-0.2, 0) is 14.3 Å². The third kappa shape index (κ3) is 0.800. The van der Waals surface area contributed by atoms with Gasteiger partial charge in [0.05, 0.1) is 6.42 Å². The van der Waals surface area contributed by atoms with Crippen LogP contribution < -0.4 is 0 Å². The van der Waals surface area contributed by atoms with Gasteiger partial charge in [-0.15, -0.1) is 0 Å². The molecule has 2 aliphatic rings. The average molecular weight is 168 g/mol. The molecule has 0 aromatic rings. The third-order valence-corrected chi connectivity index (χ3v) is 3.22. The lowest BCUT2D eigenvalue weighted by Crippen LogP contribution is -2.45. The molecule has 3 atom stereocenters. The van der Waals surface area contributed by atoms with Crippen LogP contribution in [0.25, 0.3) is 0 Å². The van der Waals surface area contributed by atoms with Crippen LogP contribution in [0.4, 0.5) is 0 Å². The zero-order chi connectivity index (χ0) is 8.93. The predicted molar refractivity (Wildman–Crippen MR) is 41.6 cm³/mol. The van der Waals surface area contributed by atoms with E-state index in [1.54, 1.807) is 14.0 Å². The van der Waals surface area contributed by atoms with E-state index in [0.717, 1.165) is 6.42 Å². The molecule has 0 bridgehead atoms. The van der Waals surface area contributed by atoms with Crippen LogP contribution in [0.15, 0.2) is 0 Å². The van der Waals surface area contributed by atoms with Gasteiger partial charge in [-0.1, -0.05) is 0 Å². The molecule has 2 fully saturated rings. The Labute approximate surface area is 71.1 Å². The maximum Gasteiger partial charge on any atom is 0.171 e. The summed E-state index contributed by atoms with van der Waals surface area (Å²) in [4.78, 5) is 22.6. The molecule has 0 aromatic heterocycles. The van der Waals surface area contributed by atoms with Gasteiger partial charge in [0.1, 0.15) is 11.4 Å². The molecule has 2 saturated carbocycles. The first-order valence-corrected chi connectivity index (χ1v) is 4.20. The van der Waals surface area contributed by atoms with Crippen molar-refractivity contribution in [3.8, 4) is 0 Å². The van der Waals surface area contributed by atoms with Gasteiger partial charge in [-0.05, 0) is 13.3 Å². The van der Waals surface area contributed by atoms with E-state index >= 15 is 0 Å². The second-order valence-corrected chi connectivity index (χ2v) is 3.83. The van der Waals surface area contributed by atoms with Crippen molar-refractivity contribution in [3.05, 3.63) is 0 Å². The lowest BCUT2D eigenvalue weighted by molar-refractivity contribution is -0.149. The smallest absolute Gasteiger partial charge is 0.171 e. The number of rotatable bonds is 1. The van der Waals surface area contributed by atoms with Gasteiger partial charge in [0, 0.05) is 18.9 Å². The predicted octanol–water partition coefficient (Wildman–Crippen LogP) is 0.570. The summed E-state index contributed by atoms with van der Waals surface area (Å²) in [6.45, 7) is 1.80. The largest absolute Gasteiger partial charge is 0.370 e. The third-order valence-electron chi connectivity index (χ3n) is 3.22. The Kier molecular flexibility index (Phi) is 1.43. The second-order valence-electron chi connectivity index (χ2n) is 3.83. The minimum atomic E-state index is -0.668. The van der Waals surface area contributed by atoms with Crippen LogP contribution in [0.2, 0.25) is 0 Å². The summed E-state index contributed by atoms with van der Waals surface area (Å²) in [5.41, 5.74) is -0.668. The molecule has 2 aliphatic carbocycles. The molecular formula is C9H12O3. The van der Waals surface area contributed by atoms with E-state index in [1.807, 2.05) is 0 Å². The number of hydrogen-bond acceptors (Lipinski definition) is 3. The summed E-state index contributed by atoms with van der Waals surface area (Å²) < 4.78 is 5.19. The van der Waals surface area contributed by atoms with Crippen LogP contribution in [0.5, 0.6) is 0 Å². The fraction of sp³-hybridized carbons (Fsp3) is 0.778. The second kappa shape index (κ2) is 2.16. The number of carbonyl (C=O) groups is 2. The minimum Gasteiger partial charge on any atom is -0.370 e. The Hall–Kier alpha value is -0.700. The zero-order valence-electron chi connectivity index (χ0n) is 7.29. The first-order chi connectivity index (χ1) is 5.59. The molecule has 3 nitrogen and oxygen atoms in total. The highest BCUT2D eigenvalue weighted by Gasteiger charge is 2.61. The number of ether oxygens (including phenoxy) is 1. The normalized spacial score (nSPS) is 45.8. The molecule has 3 heteroatoms. The molecule has 2 rings (SSSR count). The van der Waals surface area contributed by atoms with E-state index in [9.17, 15) is 9.59 Å². The number of ketones is 2. The summed E-state index contributed by atoms with van der Waals surface area (Å²) in [6, 6.07) is 0. The van der Waals surface area contributed by atoms with Gasteiger partial charge in [-0.25, -0.2) is 0 Å². The van der Waals surface area contributed by atoms with Crippen molar-refractivity contribution in [2.45, 2.75) is 25.4 Å². The van der Waals surface area contributed by atoms with E-state index in [1.165, 1.54) is 0 Å². The molecular weight excluding hydrogens is 156 g/mol. The Bertz CT molecular complexity index is 258. The van der Waals surface area contributed by atoms with E-state index in [2.05, 4.69) is 0 Å². The number of methoxy groups -OCH3 is 1. The molecule has 0 heterocycles. The molecule has 12 heavy (non-hydrogen) atoms. The molecule has 0 aliphatic heterocycles. The van der Waals surface area contributed by atoms with Crippen molar-refractivity contribution in [2.75, 3.05) is 7.11 Å². The fourth-order valence-electron chi connectivity index (χ4n) is 2.10. The molecule has 0 saturated heterocycles. The zero-order valence-corrected chi connectivity index (χ0v) is 7.29. The maximum atomic E-state index is 11.4. The Morgan fingerprint density at radius 1 is 1.50 bits per heavy atom. The number of fused-ring (bicyclic) bond motifs is 1. The molecule has 0 spiro atoms.